The summed E-state index contributed by atoms with van der Waals surface area (Å²) >= 11 is 0. The smallest absolute Gasteiger partial charge is 0.202 e. The lowest BCUT2D eigenvalue weighted by molar-refractivity contribution is -0.531. The van der Waals surface area contributed by atoms with E-state index in [1.54, 1.807) is 6.92 Å². The molecule has 0 saturated heterocycles. The van der Waals surface area contributed by atoms with Gasteiger partial charge in [-0.2, -0.15) is 0 Å². The van der Waals surface area contributed by atoms with E-state index in [0.29, 0.717) is 47.3 Å². The summed E-state index contributed by atoms with van der Waals surface area (Å²) < 4.78 is 2.65. The minimum atomic E-state index is -0.672. The highest BCUT2D eigenvalue weighted by atomic mass is 16.5. The minimum Gasteiger partial charge on any atom is -0.623 e. The lowest BCUT2D eigenvalue weighted by atomic mass is 10.0. The predicted molar refractivity (Wildman–Crippen MR) is 173 cm³/mol. The van der Waals surface area contributed by atoms with E-state index in [1.165, 1.54) is 18.6 Å². The van der Waals surface area contributed by atoms with Crippen LogP contribution in [0, 0.1) is 36.4 Å². The Labute approximate surface area is 257 Å². The zero-order valence-electron chi connectivity index (χ0n) is 28.9. The third kappa shape index (κ3) is 9.77. The molecule has 0 aliphatic rings. The number of nitrogens with zero attached hydrogens (tertiary/aromatic N) is 8. The molecule has 0 radical (unpaired) electrons. The van der Waals surface area contributed by atoms with Crippen LogP contribution in [-0.2, 0) is 13.1 Å². The van der Waals surface area contributed by atoms with Crippen LogP contribution in [0.4, 0.5) is 0 Å². The van der Waals surface area contributed by atoms with E-state index < -0.39 is 16.6 Å². The maximum Gasteiger partial charge on any atom is 0.202 e. The van der Waals surface area contributed by atoms with Crippen LogP contribution in [-0.4, -0.2) is 79.9 Å². The summed E-state index contributed by atoms with van der Waals surface area (Å²) in [6.45, 7) is 29.1. The van der Waals surface area contributed by atoms with Crippen molar-refractivity contribution in [3.63, 3.8) is 0 Å². The molecule has 43 heavy (non-hydrogen) atoms. The maximum atomic E-state index is 13.0. The molecule has 2 aromatic heterocycles. The Balaban J connectivity index is 2.67. The van der Waals surface area contributed by atoms with Crippen LogP contribution in [0.25, 0.3) is 0 Å². The summed E-state index contributed by atoms with van der Waals surface area (Å²) in [4.78, 5) is 21.4. The molecule has 0 unspecified atom stereocenters. The number of aryl methyl sites for hydroxylation is 3. The molecule has 0 spiro atoms. The summed E-state index contributed by atoms with van der Waals surface area (Å²) in [5.74, 6) is 0. The topological polar surface area (TPSA) is 133 Å². The van der Waals surface area contributed by atoms with Gasteiger partial charge in [-0.1, -0.05) is 0 Å². The molecule has 2 rings (SSSR count). The van der Waals surface area contributed by atoms with E-state index in [-0.39, 0.29) is 5.54 Å². The van der Waals surface area contributed by atoms with Crippen molar-refractivity contribution in [2.75, 3.05) is 0 Å². The first-order valence-corrected chi connectivity index (χ1v) is 14.7. The molecule has 0 N–H and O–H groups in total. The van der Waals surface area contributed by atoms with Crippen LogP contribution in [0.2, 0.25) is 0 Å². The molecule has 0 aromatic carbocycles. The van der Waals surface area contributed by atoms with Crippen molar-refractivity contribution < 1.29 is 14.2 Å². The van der Waals surface area contributed by atoms with Gasteiger partial charge in [-0.15, -0.1) is 0 Å². The molecule has 0 bridgehead atoms. The van der Waals surface area contributed by atoms with E-state index in [0.717, 1.165) is 25.6 Å². The molecule has 0 amide bonds. The SMILES string of the molecule is Cc1nc(CN(Cc2nc(/C=[N+](/[O-])C(C)(C)C)c(C)nc2/C=[N+](/[O-])C(C)(C)C)C(C)(C)C)c(C)nc1/C=[N+](\[O-])C(C)(C)C. The van der Waals surface area contributed by atoms with Gasteiger partial charge in [-0.3, -0.25) is 9.88 Å². The summed E-state index contributed by atoms with van der Waals surface area (Å²) in [5.41, 5.74) is 2.45. The fourth-order valence-electron chi connectivity index (χ4n) is 3.67. The highest BCUT2D eigenvalue weighted by Crippen LogP contribution is 2.23. The van der Waals surface area contributed by atoms with Crippen molar-refractivity contribution in [3.8, 4) is 0 Å². The summed E-state index contributed by atoms with van der Waals surface area (Å²) in [6, 6.07) is 0. The Bertz CT molecular complexity index is 1420. The Morgan fingerprint density at radius 3 is 1.28 bits per heavy atom. The lowest BCUT2D eigenvalue weighted by Gasteiger charge is -2.35. The standard InChI is InChI=1S/C32H52N8O3/c1-21-24(33-22(2)25(34-21)18-38(41)30(7,8)9)16-37(29(4,5)6)17-27-28(20-40(43)32(13,14)15)35-23(3)26(36-27)19-39(42)31(10,11)12/h18-20H,16-17H2,1-15H3/b38-18-,39-19+,40-20+. The average Bonchev–Trinajstić information content (AvgIpc) is 2.81. The predicted octanol–water partition coefficient (Wildman–Crippen LogP) is 5.18. The van der Waals surface area contributed by atoms with Crippen molar-refractivity contribution in [1.29, 1.82) is 0 Å². The van der Waals surface area contributed by atoms with Gasteiger partial charge in [0.05, 0.1) is 28.5 Å². The zero-order chi connectivity index (χ0) is 33.3. The zero-order valence-corrected chi connectivity index (χ0v) is 28.9. The summed E-state index contributed by atoms with van der Waals surface area (Å²) in [6.07, 6.45) is 4.42. The van der Waals surface area contributed by atoms with Gasteiger partial charge in [0.25, 0.3) is 0 Å². The fourth-order valence-corrected chi connectivity index (χ4v) is 3.67. The Morgan fingerprint density at radius 2 is 0.860 bits per heavy atom. The molecule has 0 saturated carbocycles. The molecule has 11 nitrogen and oxygen atoms in total. The molecule has 0 aliphatic heterocycles. The van der Waals surface area contributed by atoms with Gasteiger partial charge in [0, 0.05) is 80.9 Å². The van der Waals surface area contributed by atoms with Gasteiger partial charge in [0.15, 0.2) is 22.3 Å². The number of aromatic nitrogens is 4. The molecular weight excluding hydrogens is 544 g/mol. The Hall–Kier alpha value is -3.47. The molecule has 11 heteroatoms. The van der Waals surface area contributed by atoms with Crippen molar-refractivity contribution in [2.24, 2.45) is 0 Å². The second-order valence-electron chi connectivity index (χ2n) is 15.2. The third-order valence-electron chi connectivity index (χ3n) is 6.92. The molecule has 0 aliphatic carbocycles. The number of hydrogen-bond acceptors (Lipinski definition) is 8. The van der Waals surface area contributed by atoms with Gasteiger partial charge in [-0.25, -0.2) is 29.2 Å². The first-order valence-electron chi connectivity index (χ1n) is 14.7. The Morgan fingerprint density at radius 1 is 0.512 bits per heavy atom. The molecule has 238 valence electrons. The van der Waals surface area contributed by atoms with Crippen molar-refractivity contribution in [3.05, 3.63) is 61.2 Å². The normalized spacial score (nSPS) is 14.6. The monoisotopic (exact) mass is 596 g/mol. The van der Waals surface area contributed by atoms with Gasteiger partial charge in [0.1, 0.15) is 11.4 Å². The summed E-state index contributed by atoms with van der Waals surface area (Å²) in [5, 5.41) is 38.4. The van der Waals surface area contributed by atoms with Crippen molar-refractivity contribution in [2.45, 2.75) is 139 Å². The molecule has 0 atom stereocenters. The van der Waals surface area contributed by atoms with E-state index >= 15 is 0 Å². The van der Waals surface area contributed by atoms with Crippen molar-refractivity contribution in [1.82, 2.24) is 24.8 Å². The van der Waals surface area contributed by atoms with Gasteiger partial charge in [-0.05, 0) is 41.5 Å². The summed E-state index contributed by atoms with van der Waals surface area (Å²) in [7, 11) is 0. The Kier molecular flexibility index (Phi) is 10.5. The van der Waals surface area contributed by atoms with Gasteiger partial charge < -0.3 is 15.6 Å². The molecule has 0 fully saturated rings. The van der Waals surface area contributed by atoms with Crippen LogP contribution in [0.15, 0.2) is 0 Å². The lowest BCUT2D eigenvalue weighted by Crippen LogP contribution is -2.41. The number of rotatable bonds is 7. The van der Waals surface area contributed by atoms with Crippen LogP contribution in [0.5, 0.6) is 0 Å². The minimum absolute atomic E-state index is 0.336. The maximum absolute atomic E-state index is 13.0. The van der Waals surface area contributed by atoms with Gasteiger partial charge in [0.2, 0.25) is 18.6 Å². The van der Waals surface area contributed by atoms with Crippen LogP contribution in [0.1, 0.15) is 129 Å². The molecular formula is C32H52N8O3. The highest BCUT2D eigenvalue weighted by molar-refractivity contribution is 5.79. The van der Waals surface area contributed by atoms with Crippen LogP contribution in [0.3, 0.4) is 0 Å². The van der Waals surface area contributed by atoms with E-state index in [9.17, 15) is 15.6 Å². The largest absolute Gasteiger partial charge is 0.623 e. The molecule has 2 heterocycles. The molecule has 2 aromatic rings. The van der Waals surface area contributed by atoms with Gasteiger partial charge >= 0.3 is 0 Å². The highest BCUT2D eigenvalue weighted by Gasteiger charge is 2.28. The average molecular weight is 597 g/mol. The first-order chi connectivity index (χ1) is 19.3. The quantitative estimate of drug-likeness (QED) is 0.185. The first kappa shape index (κ1) is 35.7. The third-order valence-corrected chi connectivity index (χ3v) is 6.92. The van der Waals surface area contributed by atoms with Crippen LogP contribution >= 0.6 is 0 Å². The second kappa shape index (κ2) is 12.6. The number of hydroxylamine groups is 3. The number of hydrogen-bond donors (Lipinski definition) is 0. The van der Waals surface area contributed by atoms with Crippen molar-refractivity contribution >= 4 is 18.6 Å². The fraction of sp³-hybridized carbons (Fsp3) is 0.656. The van der Waals surface area contributed by atoms with E-state index in [4.69, 9.17) is 19.9 Å². The second-order valence-corrected chi connectivity index (χ2v) is 15.2. The van der Waals surface area contributed by atoms with E-state index in [1.807, 2.05) is 76.2 Å². The van der Waals surface area contributed by atoms with Crippen LogP contribution < -0.4 is 0 Å². The van der Waals surface area contributed by atoms with E-state index in [2.05, 4.69) is 25.7 Å².